The first kappa shape index (κ1) is 38.3. The molecule has 11 nitrogen and oxygen atoms in total. The second-order valence-electron chi connectivity index (χ2n) is 14.6. The molecule has 8 rings (SSSR count). The van der Waals surface area contributed by atoms with Crippen molar-refractivity contribution < 1.29 is 38.5 Å². The number of hydrogen-bond donors (Lipinski definition) is 2. The van der Waals surface area contributed by atoms with Gasteiger partial charge in [0, 0.05) is 0 Å². The van der Waals surface area contributed by atoms with Crippen LogP contribution in [0.3, 0.4) is 0 Å². The summed E-state index contributed by atoms with van der Waals surface area (Å²) in [4.78, 5) is 63.4. The molecule has 1 spiro atoms. The number of anilines is 1. The summed E-state index contributed by atoms with van der Waals surface area (Å²) >= 11 is 0. The van der Waals surface area contributed by atoms with Crippen LogP contribution in [0.2, 0.25) is 0 Å². The van der Waals surface area contributed by atoms with E-state index in [1.807, 2.05) is 103 Å². The fourth-order valence-electron chi connectivity index (χ4n) is 9.04. The van der Waals surface area contributed by atoms with Gasteiger partial charge in [-0.3, -0.25) is 19.3 Å². The van der Waals surface area contributed by atoms with Crippen LogP contribution in [0.1, 0.15) is 59.0 Å². The molecule has 58 heavy (non-hydrogen) atoms. The second-order valence-corrected chi connectivity index (χ2v) is 14.6. The molecule has 2 fully saturated rings. The van der Waals surface area contributed by atoms with Gasteiger partial charge >= 0.3 is 18.0 Å². The molecule has 5 aromatic carbocycles. The minimum Gasteiger partial charge on any atom is -0.491 e. The number of carbonyl (C=O) groups excluding carboxylic acids is 4. The first-order valence-corrected chi connectivity index (χ1v) is 19.3. The van der Waals surface area contributed by atoms with Crippen LogP contribution >= 0.6 is 0 Å². The molecule has 7 atom stereocenters. The SMILES string of the molecule is C=CCOC(=O)[C@@H]1[C@H]2C(=O)O[C@H](c3ccccc3)[C@H](c3ccccc3)N2[C@H](c2ccc(OCCO)cc2)[C@@]12C(=O)N(C(=O)N[C@H](C)c1ccccc1)c1ccccc12. The number of aliphatic hydroxyl groups is 1. The van der Waals surface area contributed by atoms with Crippen molar-refractivity contribution in [1.82, 2.24) is 10.2 Å². The van der Waals surface area contributed by atoms with E-state index in [1.54, 1.807) is 48.5 Å². The summed E-state index contributed by atoms with van der Waals surface area (Å²) in [6, 6.07) is 38.0. The molecule has 294 valence electrons. The Hall–Kier alpha value is -6.56. The normalized spacial score (nSPS) is 24.0. The fraction of sp³-hybridized carbons (Fsp3) is 0.234. The summed E-state index contributed by atoms with van der Waals surface area (Å²) in [5.41, 5.74) is 1.67. The highest BCUT2D eigenvalue weighted by Crippen LogP contribution is 2.66. The molecule has 0 saturated carbocycles. The number of morpholine rings is 1. The van der Waals surface area contributed by atoms with E-state index in [2.05, 4.69) is 11.9 Å². The largest absolute Gasteiger partial charge is 0.491 e. The topological polar surface area (TPSA) is 135 Å². The van der Waals surface area contributed by atoms with E-state index in [9.17, 15) is 19.5 Å². The second kappa shape index (κ2) is 16.1. The van der Waals surface area contributed by atoms with Gasteiger partial charge in [0.05, 0.1) is 30.4 Å². The predicted molar refractivity (Wildman–Crippen MR) is 215 cm³/mol. The van der Waals surface area contributed by atoms with Crippen LogP contribution in [0.25, 0.3) is 0 Å². The summed E-state index contributed by atoms with van der Waals surface area (Å²) in [7, 11) is 0. The number of benzene rings is 5. The molecule has 0 unspecified atom stereocenters. The van der Waals surface area contributed by atoms with Gasteiger partial charge in [0.25, 0.3) is 0 Å². The van der Waals surface area contributed by atoms with Crippen LogP contribution in [-0.2, 0) is 29.3 Å². The highest BCUT2D eigenvalue weighted by Gasteiger charge is 2.76. The van der Waals surface area contributed by atoms with Gasteiger partial charge in [0.2, 0.25) is 5.91 Å². The van der Waals surface area contributed by atoms with Crippen LogP contribution < -0.4 is 15.0 Å². The van der Waals surface area contributed by atoms with Crippen molar-refractivity contribution in [2.24, 2.45) is 5.92 Å². The Morgan fingerprint density at radius 3 is 2.10 bits per heavy atom. The molecular formula is C47H43N3O8. The zero-order valence-electron chi connectivity index (χ0n) is 31.8. The smallest absolute Gasteiger partial charge is 0.329 e. The van der Waals surface area contributed by atoms with Crippen LogP contribution in [0.5, 0.6) is 5.75 Å². The third-order valence-corrected chi connectivity index (χ3v) is 11.4. The molecule has 0 radical (unpaired) electrons. The lowest BCUT2D eigenvalue weighted by Crippen LogP contribution is -2.54. The minimum absolute atomic E-state index is 0.0656. The molecule has 2 N–H and O–H groups in total. The predicted octanol–water partition coefficient (Wildman–Crippen LogP) is 6.92. The third kappa shape index (κ3) is 6.42. The van der Waals surface area contributed by atoms with Crippen molar-refractivity contribution >= 4 is 29.6 Å². The van der Waals surface area contributed by atoms with Crippen LogP contribution in [0.15, 0.2) is 152 Å². The van der Waals surface area contributed by atoms with Gasteiger partial charge in [-0.1, -0.05) is 134 Å². The van der Waals surface area contributed by atoms with Crippen molar-refractivity contribution in [2.45, 2.75) is 42.6 Å². The molecule has 0 aliphatic carbocycles. The van der Waals surface area contributed by atoms with Crippen LogP contribution in [-0.4, -0.2) is 59.7 Å². The number of nitrogens with one attached hydrogen (secondary N) is 1. The van der Waals surface area contributed by atoms with Crippen molar-refractivity contribution in [2.75, 3.05) is 24.7 Å². The fourth-order valence-corrected chi connectivity index (χ4v) is 9.04. The molecular weight excluding hydrogens is 735 g/mol. The first-order chi connectivity index (χ1) is 28.3. The molecule has 2 saturated heterocycles. The van der Waals surface area contributed by atoms with Crippen LogP contribution in [0, 0.1) is 5.92 Å². The summed E-state index contributed by atoms with van der Waals surface area (Å²) < 4.78 is 18.0. The van der Waals surface area contributed by atoms with Crippen molar-refractivity contribution in [1.29, 1.82) is 0 Å². The van der Waals surface area contributed by atoms with E-state index in [0.717, 1.165) is 21.6 Å². The average molecular weight is 778 g/mol. The number of imide groups is 1. The van der Waals surface area contributed by atoms with Crippen LogP contribution in [0.4, 0.5) is 10.5 Å². The first-order valence-electron chi connectivity index (χ1n) is 19.3. The summed E-state index contributed by atoms with van der Waals surface area (Å²) in [6.45, 7) is 5.26. The monoisotopic (exact) mass is 777 g/mol. The van der Waals surface area contributed by atoms with Gasteiger partial charge in [0.1, 0.15) is 42.4 Å². The highest BCUT2D eigenvalue weighted by atomic mass is 16.6. The van der Waals surface area contributed by atoms with Gasteiger partial charge < -0.3 is 24.6 Å². The summed E-state index contributed by atoms with van der Waals surface area (Å²) in [5, 5.41) is 12.5. The number of carbonyl (C=O) groups is 4. The van der Waals surface area contributed by atoms with E-state index in [-0.39, 0.29) is 25.5 Å². The van der Waals surface area contributed by atoms with E-state index in [1.165, 1.54) is 6.08 Å². The summed E-state index contributed by atoms with van der Waals surface area (Å²) in [6.07, 6.45) is 0.562. The number of hydrogen-bond acceptors (Lipinski definition) is 9. The minimum atomic E-state index is -1.90. The number of rotatable bonds is 11. The molecule has 5 aromatic rings. The van der Waals surface area contributed by atoms with E-state index < -0.39 is 65.5 Å². The standard InChI is InChI=1S/C47H43N3O8/c1-3-28-57-43(52)38-40-44(53)58-41(33-19-11-6-12-20-33)39(32-17-9-5-10-18-32)50(40)42(34-23-25-35(26-24-34)56-29-27-51)47(38)36-21-13-14-22-37(36)49(45(47)54)46(55)48-30(2)31-15-7-4-8-16-31/h3-26,30,38-42,51H,1,27-29H2,2H3,(H,48,55)/t30-,38+,39+,40+,41-,42-,47+/m1/s1. The maximum Gasteiger partial charge on any atom is 0.329 e. The van der Waals surface area contributed by atoms with E-state index in [4.69, 9.17) is 14.2 Å². The Morgan fingerprint density at radius 2 is 1.45 bits per heavy atom. The Kier molecular flexibility index (Phi) is 10.7. The number of ether oxygens (including phenoxy) is 3. The van der Waals surface area contributed by atoms with Gasteiger partial charge in [-0.25, -0.2) is 9.69 Å². The van der Waals surface area contributed by atoms with Gasteiger partial charge in [-0.2, -0.15) is 0 Å². The average Bonchev–Trinajstić information content (AvgIpc) is 3.72. The number of aliphatic hydroxyl groups excluding tert-OH is 1. The zero-order valence-corrected chi connectivity index (χ0v) is 31.8. The van der Waals surface area contributed by atoms with Gasteiger partial charge in [0.15, 0.2) is 0 Å². The number of fused-ring (bicyclic) bond motifs is 3. The highest BCUT2D eigenvalue weighted by molar-refractivity contribution is 6.24. The number of urea groups is 1. The zero-order chi connectivity index (χ0) is 40.4. The molecule has 3 aliphatic heterocycles. The quantitative estimate of drug-likeness (QED) is 0.108. The van der Waals surface area contributed by atoms with E-state index >= 15 is 4.79 Å². The lowest BCUT2D eigenvalue weighted by molar-refractivity contribution is -0.180. The molecule has 11 heteroatoms. The maximum absolute atomic E-state index is 16.0. The molecule has 3 heterocycles. The molecule has 0 aromatic heterocycles. The Labute approximate surface area is 336 Å². The van der Waals surface area contributed by atoms with Gasteiger partial charge in [-0.15, -0.1) is 0 Å². The Balaban J connectivity index is 1.39. The number of para-hydroxylation sites is 1. The van der Waals surface area contributed by atoms with E-state index in [0.29, 0.717) is 16.9 Å². The summed E-state index contributed by atoms with van der Waals surface area (Å²) in [5.74, 6) is -3.24. The van der Waals surface area contributed by atoms with Crippen molar-refractivity contribution in [3.05, 3.63) is 180 Å². The number of cyclic esters (lactones) is 1. The Bertz CT molecular complexity index is 2310. The maximum atomic E-state index is 16.0. The van der Waals surface area contributed by atoms with Crippen molar-refractivity contribution in [3.8, 4) is 5.75 Å². The lowest BCUT2D eigenvalue weighted by Gasteiger charge is -2.46. The number of amides is 3. The third-order valence-electron chi connectivity index (χ3n) is 11.4. The molecule has 3 amide bonds. The number of esters is 2. The lowest BCUT2D eigenvalue weighted by atomic mass is 9.65. The molecule has 3 aliphatic rings. The van der Waals surface area contributed by atoms with Gasteiger partial charge in [-0.05, 0) is 52.9 Å². The molecule has 0 bridgehead atoms. The van der Waals surface area contributed by atoms with Crippen molar-refractivity contribution in [3.63, 3.8) is 0 Å². The number of nitrogens with zero attached hydrogens (tertiary/aromatic N) is 2. The Morgan fingerprint density at radius 1 is 0.828 bits per heavy atom.